The monoisotopic (exact) mass is 292 g/mol. The molecule has 5 nitrogen and oxygen atoms in total. The molecule has 1 atom stereocenters. The highest BCUT2D eigenvalue weighted by molar-refractivity contribution is 7.91. The van der Waals surface area contributed by atoms with Crippen molar-refractivity contribution >= 4 is 26.6 Å². The van der Waals surface area contributed by atoms with Gasteiger partial charge in [0.1, 0.15) is 5.69 Å². The molecule has 3 rings (SSSR count). The van der Waals surface area contributed by atoms with Gasteiger partial charge in [-0.3, -0.25) is 4.79 Å². The quantitative estimate of drug-likeness (QED) is 0.901. The number of nitrogens with zero attached hydrogens (tertiary/aromatic N) is 1. The average molecular weight is 292 g/mol. The SMILES string of the molecule is Cn1c(C(=O)N[C@@H]2CCS(=O)(=O)C2)cc2ccccc21. The van der Waals surface area contributed by atoms with Gasteiger partial charge in [0.15, 0.2) is 9.84 Å². The molecule has 1 aromatic heterocycles. The molecule has 20 heavy (non-hydrogen) atoms. The number of carbonyl (C=O) groups excluding carboxylic acids is 1. The van der Waals surface area contributed by atoms with E-state index in [4.69, 9.17) is 0 Å². The van der Waals surface area contributed by atoms with Gasteiger partial charge >= 0.3 is 0 Å². The van der Waals surface area contributed by atoms with Gasteiger partial charge in [-0.1, -0.05) is 18.2 Å². The molecule has 1 aliphatic heterocycles. The zero-order chi connectivity index (χ0) is 14.3. The summed E-state index contributed by atoms with van der Waals surface area (Å²) in [6.07, 6.45) is 0.498. The number of rotatable bonds is 2. The number of nitrogens with one attached hydrogen (secondary N) is 1. The molecule has 0 saturated carbocycles. The van der Waals surface area contributed by atoms with E-state index in [1.54, 1.807) is 0 Å². The number of carbonyl (C=O) groups is 1. The fourth-order valence-corrected chi connectivity index (χ4v) is 4.35. The van der Waals surface area contributed by atoms with E-state index in [1.807, 2.05) is 41.9 Å². The molecular formula is C14H16N2O3S. The number of hydrogen-bond acceptors (Lipinski definition) is 3. The van der Waals surface area contributed by atoms with Gasteiger partial charge in [0.25, 0.3) is 5.91 Å². The first kappa shape index (κ1) is 13.2. The van der Waals surface area contributed by atoms with Gasteiger partial charge in [0, 0.05) is 24.0 Å². The van der Waals surface area contributed by atoms with Gasteiger partial charge in [0.2, 0.25) is 0 Å². The highest BCUT2D eigenvalue weighted by atomic mass is 32.2. The second kappa shape index (κ2) is 4.63. The standard InChI is InChI=1S/C14H16N2O3S/c1-16-12-5-3-2-4-10(12)8-13(16)14(17)15-11-6-7-20(18,19)9-11/h2-5,8,11H,6-7,9H2,1H3,(H,15,17)/t11-/m1/s1. The molecule has 1 fully saturated rings. The maximum atomic E-state index is 12.3. The summed E-state index contributed by atoms with van der Waals surface area (Å²) in [6.45, 7) is 0. The second-order valence-corrected chi connectivity index (χ2v) is 7.45. The van der Waals surface area contributed by atoms with Crippen LogP contribution in [0.25, 0.3) is 10.9 Å². The lowest BCUT2D eigenvalue weighted by Crippen LogP contribution is -2.36. The van der Waals surface area contributed by atoms with Crippen LogP contribution in [0, 0.1) is 0 Å². The smallest absolute Gasteiger partial charge is 0.268 e. The number of para-hydroxylation sites is 1. The minimum absolute atomic E-state index is 0.0443. The van der Waals surface area contributed by atoms with Crippen molar-refractivity contribution in [3.8, 4) is 0 Å². The Labute approximate surface area is 117 Å². The molecule has 6 heteroatoms. The Morgan fingerprint density at radius 2 is 2.10 bits per heavy atom. The Morgan fingerprint density at radius 3 is 2.75 bits per heavy atom. The summed E-state index contributed by atoms with van der Waals surface area (Å²) in [5.41, 5.74) is 1.53. The Morgan fingerprint density at radius 1 is 1.35 bits per heavy atom. The first-order chi connectivity index (χ1) is 9.46. The van der Waals surface area contributed by atoms with Crippen LogP contribution in [0.1, 0.15) is 16.9 Å². The third-order valence-corrected chi connectivity index (χ3v) is 5.52. The van der Waals surface area contributed by atoms with Crippen LogP contribution in [-0.4, -0.2) is 36.4 Å². The van der Waals surface area contributed by atoms with Crippen molar-refractivity contribution < 1.29 is 13.2 Å². The van der Waals surface area contributed by atoms with Crippen molar-refractivity contribution in [1.29, 1.82) is 0 Å². The van der Waals surface area contributed by atoms with Gasteiger partial charge in [-0.05, 0) is 18.6 Å². The van der Waals surface area contributed by atoms with Crippen LogP contribution in [0.2, 0.25) is 0 Å². The van der Waals surface area contributed by atoms with Gasteiger partial charge in [-0.15, -0.1) is 0 Å². The predicted molar refractivity (Wildman–Crippen MR) is 77.4 cm³/mol. The average Bonchev–Trinajstić information content (AvgIpc) is 2.91. The number of aromatic nitrogens is 1. The highest BCUT2D eigenvalue weighted by Gasteiger charge is 2.29. The second-order valence-electron chi connectivity index (χ2n) is 5.22. The molecule has 0 aliphatic carbocycles. The van der Waals surface area contributed by atoms with E-state index in [1.165, 1.54) is 0 Å². The molecular weight excluding hydrogens is 276 g/mol. The summed E-state index contributed by atoms with van der Waals surface area (Å²) in [5.74, 6) is -0.0127. The van der Waals surface area contributed by atoms with Crippen LogP contribution in [0.4, 0.5) is 0 Å². The number of amides is 1. The van der Waals surface area contributed by atoms with E-state index in [0.717, 1.165) is 10.9 Å². The minimum Gasteiger partial charge on any atom is -0.347 e. The summed E-state index contributed by atoms with van der Waals surface area (Å²) >= 11 is 0. The fourth-order valence-electron chi connectivity index (χ4n) is 2.67. The maximum absolute atomic E-state index is 12.3. The van der Waals surface area contributed by atoms with Crippen molar-refractivity contribution in [3.63, 3.8) is 0 Å². The van der Waals surface area contributed by atoms with Crippen LogP contribution in [0.5, 0.6) is 0 Å². The first-order valence-corrected chi connectivity index (χ1v) is 8.34. The fraction of sp³-hybridized carbons (Fsp3) is 0.357. The number of fused-ring (bicyclic) bond motifs is 1. The van der Waals surface area contributed by atoms with E-state index in [0.29, 0.717) is 12.1 Å². The molecule has 2 heterocycles. The Hall–Kier alpha value is -1.82. The van der Waals surface area contributed by atoms with E-state index < -0.39 is 9.84 Å². The van der Waals surface area contributed by atoms with Crippen LogP contribution >= 0.6 is 0 Å². The molecule has 106 valence electrons. The number of aryl methyl sites for hydroxylation is 1. The molecule has 0 spiro atoms. The predicted octanol–water partition coefficient (Wildman–Crippen LogP) is 1.10. The van der Waals surface area contributed by atoms with Crippen molar-refractivity contribution in [1.82, 2.24) is 9.88 Å². The van der Waals surface area contributed by atoms with Gasteiger partial charge in [-0.25, -0.2) is 8.42 Å². The van der Waals surface area contributed by atoms with Crippen LogP contribution in [-0.2, 0) is 16.9 Å². The first-order valence-electron chi connectivity index (χ1n) is 6.52. The van der Waals surface area contributed by atoms with Crippen LogP contribution in [0.3, 0.4) is 0 Å². The maximum Gasteiger partial charge on any atom is 0.268 e. The van der Waals surface area contributed by atoms with Crippen molar-refractivity contribution in [2.24, 2.45) is 7.05 Å². The molecule has 1 N–H and O–H groups in total. The van der Waals surface area contributed by atoms with Gasteiger partial charge < -0.3 is 9.88 Å². The third-order valence-electron chi connectivity index (χ3n) is 3.75. The largest absolute Gasteiger partial charge is 0.347 e. The normalized spacial score (nSPS) is 21.1. The molecule has 1 aromatic carbocycles. The number of sulfone groups is 1. The Kier molecular flexibility index (Phi) is 3.05. The minimum atomic E-state index is -2.98. The molecule has 0 bridgehead atoms. The van der Waals surface area contributed by atoms with Crippen molar-refractivity contribution in [2.45, 2.75) is 12.5 Å². The van der Waals surface area contributed by atoms with Gasteiger partial charge in [-0.2, -0.15) is 0 Å². The van der Waals surface area contributed by atoms with Crippen molar-refractivity contribution in [2.75, 3.05) is 11.5 Å². The third kappa shape index (κ3) is 2.31. The summed E-state index contributed by atoms with van der Waals surface area (Å²) in [4.78, 5) is 12.3. The zero-order valence-electron chi connectivity index (χ0n) is 11.2. The molecule has 1 aliphatic rings. The molecule has 0 radical (unpaired) electrons. The molecule has 1 amide bonds. The van der Waals surface area contributed by atoms with Gasteiger partial charge in [0.05, 0.1) is 11.5 Å². The lowest BCUT2D eigenvalue weighted by atomic mass is 10.2. The summed E-state index contributed by atoms with van der Waals surface area (Å²) < 4.78 is 24.6. The highest BCUT2D eigenvalue weighted by Crippen LogP contribution is 2.19. The molecule has 2 aromatic rings. The zero-order valence-corrected chi connectivity index (χ0v) is 12.0. The van der Waals surface area contributed by atoms with Crippen LogP contribution in [0.15, 0.2) is 30.3 Å². The molecule has 0 unspecified atom stereocenters. The lowest BCUT2D eigenvalue weighted by molar-refractivity contribution is 0.0933. The number of benzene rings is 1. The Balaban J connectivity index is 1.84. The summed E-state index contributed by atoms with van der Waals surface area (Å²) in [7, 11) is -1.14. The Bertz CT molecular complexity index is 777. The topological polar surface area (TPSA) is 68.2 Å². The van der Waals surface area contributed by atoms with E-state index in [9.17, 15) is 13.2 Å². The number of hydrogen-bond donors (Lipinski definition) is 1. The summed E-state index contributed by atoms with van der Waals surface area (Å²) in [5, 5.41) is 3.81. The summed E-state index contributed by atoms with van der Waals surface area (Å²) in [6, 6.07) is 9.30. The van der Waals surface area contributed by atoms with E-state index in [2.05, 4.69) is 5.32 Å². The van der Waals surface area contributed by atoms with E-state index >= 15 is 0 Å². The van der Waals surface area contributed by atoms with Crippen LogP contribution < -0.4 is 5.32 Å². The van der Waals surface area contributed by atoms with E-state index in [-0.39, 0.29) is 23.5 Å². The van der Waals surface area contributed by atoms with Crippen molar-refractivity contribution in [3.05, 3.63) is 36.0 Å². The molecule has 1 saturated heterocycles. The lowest BCUT2D eigenvalue weighted by Gasteiger charge is -2.11.